The van der Waals surface area contributed by atoms with Crippen LogP contribution in [0.4, 0.5) is 0 Å². The van der Waals surface area contributed by atoms with Crippen LogP contribution in [0.25, 0.3) is 0 Å². The number of benzene rings is 2. The van der Waals surface area contributed by atoms with Crippen molar-refractivity contribution >= 4 is 10.0 Å². The van der Waals surface area contributed by atoms with Gasteiger partial charge in [-0.1, -0.05) is 13.0 Å². The summed E-state index contributed by atoms with van der Waals surface area (Å²) in [7, 11) is -0.497. The molecule has 0 heterocycles. The molecule has 0 atom stereocenters. The molecule has 0 spiro atoms. The molecule has 142 valence electrons. The molecule has 0 radical (unpaired) electrons. The standard InChI is InChI=1S/C19H25NO5S/c1-5-20(14-15-7-12-18(23-3)19(13-15)24-4)26(21,22)17-10-8-16(9-11-17)25-6-2/h7-13H,5-6,14H2,1-4H3. The molecule has 0 aromatic heterocycles. The van der Waals surface area contributed by atoms with Gasteiger partial charge in [0.25, 0.3) is 0 Å². The molecule has 0 bridgehead atoms. The molecular formula is C19H25NO5S. The van der Waals surface area contributed by atoms with Gasteiger partial charge in [-0.15, -0.1) is 0 Å². The van der Waals surface area contributed by atoms with Crippen LogP contribution >= 0.6 is 0 Å². The third-order valence-corrected chi connectivity index (χ3v) is 5.87. The lowest BCUT2D eigenvalue weighted by atomic mass is 10.2. The SMILES string of the molecule is CCOc1ccc(S(=O)(=O)N(CC)Cc2ccc(OC)c(OC)c2)cc1. The van der Waals surface area contributed by atoms with Crippen molar-refractivity contribution in [3.8, 4) is 17.2 Å². The van der Waals surface area contributed by atoms with Crippen LogP contribution in [0.3, 0.4) is 0 Å². The number of methoxy groups -OCH3 is 2. The molecule has 7 heteroatoms. The van der Waals surface area contributed by atoms with E-state index in [1.807, 2.05) is 19.9 Å². The molecule has 0 saturated carbocycles. The summed E-state index contributed by atoms with van der Waals surface area (Å²) in [4.78, 5) is 0.239. The topological polar surface area (TPSA) is 65.1 Å². The maximum Gasteiger partial charge on any atom is 0.243 e. The Morgan fingerprint density at radius 2 is 1.58 bits per heavy atom. The Balaban J connectivity index is 2.26. The molecule has 2 aromatic rings. The normalized spacial score (nSPS) is 11.4. The van der Waals surface area contributed by atoms with Crippen LogP contribution in [-0.4, -0.2) is 40.1 Å². The van der Waals surface area contributed by atoms with Crippen LogP contribution in [0.1, 0.15) is 19.4 Å². The van der Waals surface area contributed by atoms with Crippen molar-refractivity contribution in [2.24, 2.45) is 0 Å². The lowest BCUT2D eigenvalue weighted by Crippen LogP contribution is -2.30. The summed E-state index contributed by atoms with van der Waals surface area (Å²) in [5.41, 5.74) is 0.819. The molecule has 6 nitrogen and oxygen atoms in total. The van der Waals surface area contributed by atoms with Gasteiger partial charge in [-0.3, -0.25) is 0 Å². The second-order valence-corrected chi connectivity index (χ2v) is 7.46. The maximum absolute atomic E-state index is 12.9. The molecule has 0 saturated heterocycles. The van der Waals surface area contributed by atoms with Gasteiger partial charge in [0.2, 0.25) is 10.0 Å². The number of ether oxygens (including phenoxy) is 3. The minimum absolute atomic E-state index is 0.239. The molecule has 2 aromatic carbocycles. The van der Waals surface area contributed by atoms with Crippen LogP contribution in [-0.2, 0) is 16.6 Å². The van der Waals surface area contributed by atoms with Crippen LogP contribution in [0.2, 0.25) is 0 Å². The first-order valence-corrected chi connectivity index (χ1v) is 9.84. The Morgan fingerprint density at radius 3 is 2.12 bits per heavy atom. The highest BCUT2D eigenvalue weighted by Gasteiger charge is 2.23. The highest BCUT2D eigenvalue weighted by Crippen LogP contribution is 2.29. The number of sulfonamides is 1. The molecule has 2 rings (SSSR count). The van der Waals surface area contributed by atoms with E-state index in [0.717, 1.165) is 5.56 Å². The fourth-order valence-corrected chi connectivity index (χ4v) is 4.01. The number of hydrogen-bond acceptors (Lipinski definition) is 5. The van der Waals surface area contributed by atoms with E-state index >= 15 is 0 Å². The van der Waals surface area contributed by atoms with Crippen LogP contribution in [0.15, 0.2) is 47.4 Å². The largest absolute Gasteiger partial charge is 0.494 e. The van der Waals surface area contributed by atoms with Gasteiger partial charge < -0.3 is 14.2 Å². The van der Waals surface area contributed by atoms with Crippen LogP contribution in [0.5, 0.6) is 17.2 Å². The first-order valence-electron chi connectivity index (χ1n) is 8.40. The van der Waals surface area contributed by atoms with E-state index in [4.69, 9.17) is 14.2 Å². The third kappa shape index (κ3) is 4.47. The Hall–Kier alpha value is -2.25. The minimum atomic E-state index is -3.61. The van der Waals surface area contributed by atoms with Gasteiger partial charge in [0, 0.05) is 13.1 Å². The molecule has 26 heavy (non-hydrogen) atoms. The molecule has 0 aliphatic rings. The Bertz CT molecular complexity index is 818. The Labute approximate surface area is 155 Å². The quantitative estimate of drug-likeness (QED) is 0.669. The smallest absolute Gasteiger partial charge is 0.243 e. The zero-order valence-corrected chi connectivity index (χ0v) is 16.4. The van der Waals surface area contributed by atoms with Gasteiger partial charge in [-0.2, -0.15) is 4.31 Å². The summed E-state index contributed by atoms with van der Waals surface area (Å²) in [6.07, 6.45) is 0. The lowest BCUT2D eigenvalue weighted by molar-refractivity contribution is 0.340. The van der Waals surface area contributed by atoms with E-state index in [2.05, 4.69) is 0 Å². The van der Waals surface area contributed by atoms with Crippen molar-refractivity contribution in [1.82, 2.24) is 4.31 Å². The van der Waals surface area contributed by atoms with Crippen molar-refractivity contribution in [3.05, 3.63) is 48.0 Å². The number of rotatable bonds is 9. The van der Waals surface area contributed by atoms with Crippen molar-refractivity contribution in [3.63, 3.8) is 0 Å². The summed E-state index contributed by atoms with van der Waals surface area (Å²) >= 11 is 0. The van der Waals surface area contributed by atoms with E-state index in [0.29, 0.717) is 30.4 Å². The van der Waals surface area contributed by atoms with Gasteiger partial charge in [-0.25, -0.2) is 8.42 Å². The lowest BCUT2D eigenvalue weighted by Gasteiger charge is -2.21. The van der Waals surface area contributed by atoms with E-state index < -0.39 is 10.0 Å². The van der Waals surface area contributed by atoms with Crippen LogP contribution < -0.4 is 14.2 Å². The summed E-state index contributed by atoms with van der Waals surface area (Å²) < 4.78 is 43.2. The Kier molecular flexibility index (Phi) is 6.88. The van der Waals surface area contributed by atoms with Gasteiger partial charge in [0.1, 0.15) is 5.75 Å². The molecular weight excluding hydrogens is 354 g/mol. The zero-order valence-electron chi connectivity index (χ0n) is 15.6. The van der Waals surface area contributed by atoms with Gasteiger partial charge in [-0.05, 0) is 48.9 Å². The molecule has 0 aliphatic heterocycles. The monoisotopic (exact) mass is 379 g/mol. The first-order chi connectivity index (χ1) is 12.5. The molecule has 0 amide bonds. The van der Waals surface area contributed by atoms with Gasteiger partial charge in [0.05, 0.1) is 25.7 Å². The van der Waals surface area contributed by atoms with Crippen molar-refractivity contribution in [2.45, 2.75) is 25.3 Å². The third-order valence-electron chi connectivity index (χ3n) is 3.93. The van der Waals surface area contributed by atoms with E-state index in [1.54, 1.807) is 50.6 Å². The second-order valence-electron chi connectivity index (χ2n) is 5.52. The van der Waals surface area contributed by atoms with Gasteiger partial charge >= 0.3 is 0 Å². The highest BCUT2D eigenvalue weighted by atomic mass is 32.2. The Morgan fingerprint density at radius 1 is 0.923 bits per heavy atom. The minimum Gasteiger partial charge on any atom is -0.494 e. The molecule has 0 aliphatic carbocycles. The van der Waals surface area contributed by atoms with E-state index in [1.165, 1.54) is 4.31 Å². The van der Waals surface area contributed by atoms with Crippen molar-refractivity contribution < 1.29 is 22.6 Å². The van der Waals surface area contributed by atoms with Crippen molar-refractivity contribution in [2.75, 3.05) is 27.4 Å². The van der Waals surface area contributed by atoms with E-state index in [-0.39, 0.29) is 11.4 Å². The second kappa shape index (κ2) is 8.91. The van der Waals surface area contributed by atoms with Gasteiger partial charge in [0.15, 0.2) is 11.5 Å². The fraction of sp³-hybridized carbons (Fsp3) is 0.368. The predicted molar refractivity (Wildman–Crippen MR) is 100 cm³/mol. The molecule has 0 unspecified atom stereocenters. The van der Waals surface area contributed by atoms with Crippen LogP contribution in [0, 0.1) is 0 Å². The van der Waals surface area contributed by atoms with Crippen molar-refractivity contribution in [1.29, 1.82) is 0 Å². The number of nitrogens with zero attached hydrogens (tertiary/aromatic N) is 1. The average Bonchev–Trinajstić information content (AvgIpc) is 2.66. The maximum atomic E-state index is 12.9. The predicted octanol–water partition coefficient (Wildman–Crippen LogP) is 3.31. The average molecular weight is 379 g/mol. The fourth-order valence-electron chi connectivity index (χ4n) is 2.57. The number of hydrogen-bond donors (Lipinski definition) is 0. The summed E-state index contributed by atoms with van der Waals surface area (Å²) in [6, 6.07) is 11.9. The highest BCUT2D eigenvalue weighted by molar-refractivity contribution is 7.89. The first kappa shape index (κ1) is 20.1. The van der Waals surface area contributed by atoms with E-state index in [9.17, 15) is 8.42 Å². The summed E-state index contributed by atoms with van der Waals surface area (Å²) in [6.45, 7) is 4.82. The zero-order chi connectivity index (χ0) is 19.2. The summed E-state index contributed by atoms with van der Waals surface area (Å²) in [5.74, 6) is 1.82. The summed E-state index contributed by atoms with van der Waals surface area (Å²) in [5, 5.41) is 0. The molecule has 0 N–H and O–H groups in total. The molecule has 0 fully saturated rings.